The number of hydrogen-bond donors (Lipinski definition) is 1. The monoisotopic (exact) mass is 338 g/mol. The van der Waals surface area contributed by atoms with Crippen LogP contribution in [-0.2, 0) is 14.8 Å². The summed E-state index contributed by atoms with van der Waals surface area (Å²) >= 11 is 0. The largest absolute Gasteiger partial charge is 0.349 e. The fraction of sp³-hybridized carbons (Fsp3) is 0.588. The predicted octanol–water partition coefficient (Wildman–Crippen LogP) is 2.23. The summed E-state index contributed by atoms with van der Waals surface area (Å²) < 4.78 is 25.4. The predicted molar refractivity (Wildman–Crippen MR) is 91.5 cm³/mol. The van der Waals surface area contributed by atoms with Gasteiger partial charge in [0.05, 0.1) is 17.7 Å². The number of nitrogens with zero attached hydrogens (tertiary/aromatic N) is 1. The molecule has 1 aromatic rings. The van der Waals surface area contributed by atoms with Gasteiger partial charge in [0.15, 0.2) is 0 Å². The Labute approximate surface area is 139 Å². The van der Waals surface area contributed by atoms with Gasteiger partial charge in [0, 0.05) is 13.1 Å². The lowest BCUT2D eigenvalue weighted by Crippen LogP contribution is -2.46. The van der Waals surface area contributed by atoms with Gasteiger partial charge in [-0.2, -0.15) is 0 Å². The number of hydrogen-bond acceptors (Lipinski definition) is 3. The molecular formula is C17H26N2O3S. The average molecular weight is 338 g/mol. The quantitative estimate of drug-likeness (QED) is 0.895. The van der Waals surface area contributed by atoms with Gasteiger partial charge in [-0.3, -0.25) is 4.79 Å². The van der Waals surface area contributed by atoms with Crippen LogP contribution in [0.2, 0.25) is 0 Å². The smallest absolute Gasteiger partial charge is 0.224 e. The number of piperidine rings is 1. The van der Waals surface area contributed by atoms with Crippen molar-refractivity contribution in [3.8, 4) is 0 Å². The van der Waals surface area contributed by atoms with Crippen LogP contribution in [0, 0.1) is 12.8 Å². The lowest BCUT2D eigenvalue weighted by Gasteiger charge is -2.31. The summed E-state index contributed by atoms with van der Waals surface area (Å²) in [7, 11) is -3.22. The zero-order chi connectivity index (χ0) is 17.0. The van der Waals surface area contributed by atoms with E-state index in [4.69, 9.17) is 0 Å². The molecule has 2 rings (SSSR count). The van der Waals surface area contributed by atoms with E-state index < -0.39 is 10.0 Å². The maximum Gasteiger partial charge on any atom is 0.224 e. The zero-order valence-corrected chi connectivity index (χ0v) is 14.9. The molecule has 0 saturated carbocycles. The van der Waals surface area contributed by atoms with E-state index >= 15 is 0 Å². The molecule has 0 aliphatic carbocycles. The Morgan fingerprint density at radius 2 is 2.00 bits per heavy atom. The fourth-order valence-corrected chi connectivity index (χ4v) is 4.04. The molecule has 0 radical (unpaired) electrons. The third-order valence-corrected chi connectivity index (χ3v) is 6.30. The number of benzene rings is 1. The molecule has 5 nitrogen and oxygen atoms in total. The molecule has 1 aliphatic rings. The molecule has 0 unspecified atom stereocenters. The van der Waals surface area contributed by atoms with Gasteiger partial charge in [0.25, 0.3) is 0 Å². The molecule has 1 heterocycles. The lowest BCUT2D eigenvalue weighted by molar-refractivity contribution is -0.126. The molecule has 1 N–H and O–H groups in total. The standard InChI is InChI=1S/C17H26N2O3S/c1-4-23(21,22)19-11-5-6-16(12-19)17(20)18-14(3)15-9-7-13(2)8-10-15/h7-10,14,16H,4-6,11-12H2,1-3H3,(H,18,20)/t14-,16+/m1/s1. The van der Waals surface area contributed by atoms with E-state index in [1.54, 1.807) is 6.92 Å². The highest BCUT2D eigenvalue weighted by molar-refractivity contribution is 7.89. The van der Waals surface area contributed by atoms with Gasteiger partial charge in [0.2, 0.25) is 15.9 Å². The number of carbonyl (C=O) groups is 1. The van der Waals surface area contributed by atoms with Crippen LogP contribution in [0.5, 0.6) is 0 Å². The highest BCUT2D eigenvalue weighted by Crippen LogP contribution is 2.21. The Hall–Kier alpha value is -1.40. The van der Waals surface area contributed by atoms with Crippen LogP contribution in [0.1, 0.15) is 43.9 Å². The third-order valence-electron chi connectivity index (χ3n) is 4.45. The first-order valence-corrected chi connectivity index (χ1v) is 9.79. The summed E-state index contributed by atoms with van der Waals surface area (Å²) in [5.74, 6) is -0.242. The highest BCUT2D eigenvalue weighted by Gasteiger charge is 2.31. The summed E-state index contributed by atoms with van der Waals surface area (Å²) in [6.07, 6.45) is 1.47. The van der Waals surface area contributed by atoms with Crippen molar-refractivity contribution >= 4 is 15.9 Å². The number of aryl methyl sites for hydroxylation is 1. The molecule has 1 amide bonds. The van der Waals surface area contributed by atoms with Crippen molar-refractivity contribution in [3.63, 3.8) is 0 Å². The van der Waals surface area contributed by atoms with Crippen molar-refractivity contribution in [1.29, 1.82) is 0 Å². The van der Waals surface area contributed by atoms with Crippen molar-refractivity contribution in [2.24, 2.45) is 5.92 Å². The Balaban J connectivity index is 1.98. The number of amides is 1. The van der Waals surface area contributed by atoms with Crippen LogP contribution in [0.3, 0.4) is 0 Å². The Morgan fingerprint density at radius 3 is 2.61 bits per heavy atom. The Bertz CT molecular complexity index is 640. The first kappa shape index (κ1) is 17.9. The number of carbonyl (C=O) groups excluding carboxylic acids is 1. The Morgan fingerprint density at radius 1 is 1.35 bits per heavy atom. The van der Waals surface area contributed by atoms with E-state index in [0.29, 0.717) is 13.1 Å². The summed E-state index contributed by atoms with van der Waals surface area (Å²) in [5.41, 5.74) is 2.23. The summed E-state index contributed by atoms with van der Waals surface area (Å²) in [6, 6.07) is 7.98. The van der Waals surface area contributed by atoms with Crippen LogP contribution in [-0.4, -0.2) is 37.5 Å². The molecule has 0 bridgehead atoms. The molecule has 2 atom stereocenters. The van der Waals surface area contributed by atoms with Crippen LogP contribution in [0.25, 0.3) is 0 Å². The van der Waals surface area contributed by atoms with Gasteiger partial charge in [-0.25, -0.2) is 12.7 Å². The van der Waals surface area contributed by atoms with Gasteiger partial charge >= 0.3 is 0 Å². The van der Waals surface area contributed by atoms with E-state index in [1.165, 1.54) is 9.87 Å². The Kier molecular flexibility index (Phi) is 5.81. The SMILES string of the molecule is CCS(=O)(=O)N1CCC[C@H](C(=O)N[C@H](C)c2ccc(C)cc2)C1. The average Bonchev–Trinajstić information content (AvgIpc) is 2.55. The lowest BCUT2D eigenvalue weighted by atomic mass is 9.97. The van der Waals surface area contributed by atoms with E-state index in [-0.39, 0.29) is 23.6 Å². The molecule has 128 valence electrons. The highest BCUT2D eigenvalue weighted by atomic mass is 32.2. The van der Waals surface area contributed by atoms with Crippen molar-refractivity contribution in [2.45, 2.75) is 39.7 Å². The second-order valence-electron chi connectivity index (χ2n) is 6.24. The van der Waals surface area contributed by atoms with Crippen molar-refractivity contribution in [2.75, 3.05) is 18.8 Å². The van der Waals surface area contributed by atoms with Crippen LogP contribution < -0.4 is 5.32 Å². The van der Waals surface area contributed by atoms with Crippen molar-refractivity contribution in [3.05, 3.63) is 35.4 Å². The summed E-state index contributed by atoms with van der Waals surface area (Å²) in [4.78, 5) is 12.5. The number of nitrogens with one attached hydrogen (secondary N) is 1. The third kappa shape index (κ3) is 4.54. The zero-order valence-electron chi connectivity index (χ0n) is 14.1. The molecule has 1 fully saturated rings. The molecule has 6 heteroatoms. The fourth-order valence-electron chi connectivity index (χ4n) is 2.86. The van der Waals surface area contributed by atoms with Crippen LogP contribution in [0.4, 0.5) is 0 Å². The van der Waals surface area contributed by atoms with E-state index in [0.717, 1.165) is 18.4 Å². The summed E-state index contributed by atoms with van der Waals surface area (Å²) in [6.45, 7) is 6.43. The van der Waals surface area contributed by atoms with Gasteiger partial charge in [-0.15, -0.1) is 0 Å². The van der Waals surface area contributed by atoms with Gasteiger partial charge < -0.3 is 5.32 Å². The van der Waals surface area contributed by atoms with Gasteiger partial charge in [-0.1, -0.05) is 29.8 Å². The minimum absolute atomic E-state index is 0.0610. The van der Waals surface area contributed by atoms with Gasteiger partial charge in [0.1, 0.15) is 0 Å². The van der Waals surface area contributed by atoms with E-state index in [9.17, 15) is 13.2 Å². The van der Waals surface area contributed by atoms with Crippen LogP contribution in [0.15, 0.2) is 24.3 Å². The maximum absolute atomic E-state index is 12.5. The first-order chi connectivity index (χ1) is 10.8. The van der Waals surface area contributed by atoms with Crippen molar-refractivity contribution < 1.29 is 13.2 Å². The number of rotatable bonds is 5. The van der Waals surface area contributed by atoms with E-state index in [2.05, 4.69) is 5.32 Å². The molecule has 0 spiro atoms. The maximum atomic E-state index is 12.5. The molecule has 23 heavy (non-hydrogen) atoms. The van der Waals surface area contributed by atoms with Crippen LogP contribution >= 0.6 is 0 Å². The number of sulfonamides is 1. The first-order valence-electron chi connectivity index (χ1n) is 8.18. The second-order valence-corrected chi connectivity index (χ2v) is 8.50. The molecule has 0 aromatic heterocycles. The minimum atomic E-state index is -3.22. The van der Waals surface area contributed by atoms with Crippen molar-refractivity contribution in [1.82, 2.24) is 9.62 Å². The normalized spacial score (nSPS) is 20.9. The minimum Gasteiger partial charge on any atom is -0.349 e. The van der Waals surface area contributed by atoms with Gasteiger partial charge in [-0.05, 0) is 39.2 Å². The molecule has 1 aliphatic heterocycles. The molecule has 1 saturated heterocycles. The second kappa shape index (κ2) is 7.45. The summed E-state index contributed by atoms with van der Waals surface area (Å²) in [5, 5.41) is 3.01. The molecule has 1 aromatic carbocycles. The topological polar surface area (TPSA) is 66.5 Å². The van der Waals surface area contributed by atoms with E-state index in [1.807, 2.05) is 38.1 Å². The molecular weight excluding hydrogens is 312 g/mol.